The average Bonchev–Trinajstić information content (AvgIpc) is 3.23. The molecule has 5 rings (SSSR count). The molecule has 0 radical (unpaired) electrons. The SMILES string of the molecule is NS(=O)(=O)c1ccc(CCN2COc3ccc4c5c(c(=O)oc4c3C2)CCC5)cc1. The topological polar surface area (TPSA) is 103 Å². The number of sulfonamides is 1. The van der Waals surface area contributed by atoms with Crippen molar-refractivity contribution < 1.29 is 17.6 Å². The number of nitrogens with zero attached hydrogens (tertiary/aromatic N) is 1. The van der Waals surface area contributed by atoms with Crippen LogP contribution in [-0.4, -0.2) is 26.6 Å². The molecule has 0 bridgehead atoms. The summed E-state index contributed by atoms with van der Waals surface area (Å²) < 4.78 is 34.4. The number of benzene rings is 2. The Morgan fingerprint density at radius 3 is 2.53 bits per heavy atom. The van der Waals surface area contributed by atoms with Crippen molar-refractivity contribution in [3.63, 3.8) is 0 Å². The molecule has 2 heterocycles. The summed E-state index contributed by atoms with van der Waals surface area (Å²) in [6.45, 7) is 1.80. The lowest BCUT2D eigenvalue weighted by Crippen LogP contribution is -2.33. The minimum atomic E-state index is -3.68. The smallest absolute Gasteiger partial charge is 0.339 e. The molecule has 2 aromatic carbocycles. The maximum atomic E-state index is 12.4. The Kier molecular flexibility index (Phi) is 4.65. The lowest BCUT2D eigenvalue weighted by atomic mass is 10.0. The van der Waals surface area contributed by atoms with E-state index in [0.29, 0.717) is 18.9 Å². The van der Waals surface area contributed by atoms with E-state index in [1.54, 1.807) is 12.1 Å². The van der Waals surface area contributed by atoms with Crippen molar-refractivity contribution >= 4 is 21.0 Å². The van der Waals surface area contributed by atoms with Crippen molar-refractivity contribution in [1.29, 1.82) is 0 Å². The Morgan fingerprint density at radius 1 is 1.00 bits per heavy atom. The third kappa shape index (κ3) is 3.40. The fourth-order valence-electron chi connectivity index (χ4n) is 4.38. The number of rotatable bonds is 4. The second kappa shape index (κ2) is 7.23. The second-order valence-corrected chi connectivity index (χ2v) is 9.45. The molecule has 1 aliphatic heterocycles. The number of hydrogen-bond donors (Lipinski definition) is 1. The summed E-state index contributed by atoms with van der Waals surface area (Å²) in [5, 5.41) is 6.17. The molecule has 156 valence electrons. The molecule has 0 amide bonds. The van der Waals surface area contributed by atoms with E-state index in [1.165, 1.54) is 12.1 Å². The van der Waals surface area contributed by atoms with E-state index in [0.717, 1.165) is 65.6 Å². The molecule has 0 saturated heterocycles. The average molecular weight is 426 g/mol. The standard InChI is InChI=1S/C22H22N2O5S/c23-30(26,27)15-6-4-14(5-7-15)10-11-24-12-19-20(28-13-24)9-8-17-16-2-1-3-18(16)22(25)29-21(17)19/h4-9H,1-3,10-13H2,(H2,23,26,27). The first-order valence-corrected chi connectivity index (χ1v) is 11.5. The summed E-state index contributed by atoms with van der Waals surface area (Å²) in [5.41, 5.74) is 4.27. The molecule has 3 aromatic rings. The number of nitrogens with two attached hydrogens (primary N) is 1. The predicted molar refractivity (Wildman–Crippen MR) is 112 cm³/mol. The monoisotopic (exact) mass is 426 g/mol. The van der Waals surface area contributed by atoms with Gasteiger partial charge in [0.15, 0.2) is 0 Å². The van der Waals surface area contributed by atoms with Gasteiger partial charge in [0.2, 0.25) is 10.0 Å². The summed E-state index contributed by atoms with van der Waals surface area (Å²) in [5.74, 6) is 0.761. The van der Waals surface area contributed by atoms with E-state index >= 15 is 0 Å². The molecule has 0 atom stereocenters. The van der Waals surface area contributed by atoms with Crippen molar-refractivity contribution in [3.05, 3.63) is 69.1 Å². The normalized spacial score (nSPS) is 16.3. The predicted octanol–water partition coefficient (Wildman–Crippen LogP) is 2.32. The lowest BCUT2D eigenvalue weighted by molar-refractivity contribution is 0.0967. The van der Waals surface area contributed by atoms with Crippen LogP contribution in [0.1, 0.15) is 28.7 Å². The van der Waals surface area contributed by atoms with E-state index in [-0.39, 0.29) is 10.5 Å². The first-order valence-electron chi connectivity index (χ1n) is 9.97. The van der Waals surface area contributed by atoms with Gasteiger partial charge in [0.1, 0.15) is 18.1 Å². The summed E-state index contributed by atoms with van der Waals surface area (Å²) in [6, 6.07) is 10.6. The maximum Gasteiger partial charge on any atom is 0.339 e. The van der Waals surface area contributed by atoms with Crippen molar-refractivity contribution in [1.82, 2.24) is 4.90 Å². The number of hydrogen-bond acceptors (Lipinski definition) is 6. The van der Waals surface area contributed by atoms with Gasteiger partial charge in [0.05, 0.1) is 10.5 Å². The van der Waals surface area contributed by atoms with Crippen LogP contribution in [0.15, 0.2) is 50.5 Å². The molecule has 0 unspecified atom stereocenters. The van der Waals surface area contributed by atoms with Crippen molar-refractivity contribution in [3.8, 4) is 5.75 Å². The Hall–Kier alpha value is -2.68. The zero-order chi connectivity index (χ0) is 20.9. The van der Waals surface area contributed by atoms with E-state index in [9.17, 15) is 13.2 Å². The van der Waals surface area contributed by atoms with Gasteiger partial charge < -0.3 is 9.15 Å². The van der Waals surface area contributed by atoms with Gasteiger partial charge in [-0.1, -0.05) is 12.1 Å². The molecular formula is C22H22N2O5S. The molecule has 1 aromatic heterocycles. The fourth-order valence-corrected chi connectivity index (χ4v) is 4.89. The summed E-state index contributed by atoms with van der Waals surface area (Å²) in [4.78, 5) is 14.7. The minimum absolute atomic E-state index is 0.107. The molecule has 0 fully saturated rings. The molecule has 0 spiro atoms. The van der Waals surface area contributed by atoms with E-state index in [2.05, 4.69) is 4.90 Å². The minimum Gasteiger partial charge on any atom is -0.478 e. The van der Waals surface area contributed by atoms with Gasteiger partial charge in [0.25, 0.3) is 0 Å². The third-order valence-electron chi connectivity index (χ3n) is 5.95. The van der Waals surface area contributed by atoms with Crippen molar-refractivity contribution in [2.45, 2.75) is 37.1 Å². The number of fused-ring (bicyclic) bond motifs is 5. The van der Waals surface area contributed by atoms with E-state index < -0.39 is 10.0 Å². The van der Waals surface area contributed by atoms with Crippen LogP contribution in [0.25, 0.3) is 11.0 Å². The fraction of sp³-hybridized carbons (Fsp3) is 0.318. The van der Waals surface area contributed by atoms with Crippen LogP contribution in [0.2, 0.25) is 0 Å². The molecule has 7 nitrogen and oxygen atoms in total. The third-order valence-corrected chi connectivity index (χ3v) is 6.88. The largest absolute Gasteiger partial charge is 0.478 e. The highest BCUT2D eigenvalue weighted by atomic mass is 32.2. The van der Waals surface area contributed by atoms with E-state index in [4.69, 9.17) is 14.3 Å². The lowest BCUT2D eigenvalue weighted by Gasteiger charge is -2.29. The molecule has 2 N–H and O–H groups in total. The Balaban J connectivity index is 1.38. The van der Waals surface area contributed by atoms with Crippen LogP contribution in [0.4, 0.5) is 0 Å². The zero-order valence-electron chi connectivity index (χ0n) is 16.4. The Labute approximate surface area is 174 Å². The van der Waals surface area contributed by atoms with Gasteiger partial charge in [-0.3, -0.25) is 4.90 Å². The van der Waals surface area contributed by atoms with Crippen LogP contribution in [-0.2, 0) is 35.8 Å². The molecule has 1 aliphatic carbocycles. The molecule has 8 heteroatoms. The van der Waals surface area contributed by atoms with E-state index in [1.807, 2.05) is 12.1 Å². The first-order chi connectivity index (χ1) is 14.4. The number of ether oxygens (including phenoxy) is 1. The van der Waals surface area contributed by atoms with Crippen LogP contribution in [0, 0.1) is 0 Å². The van der Waals surface area contributed by atoms with Gasteiger partial charge in [-0.25, -0.2) is 18.4 Å². The number of aryl methyl sites for hydroxylation is 1. The summed E-state index contributed by atoms with van der Waals surface area (Å²) >= 11 is 0. The van der Waals surface area contributed by atoms with Gasteiger partial charge in [-0.2, -0.15) is 0 Å². The summed E-state index contributed by atoms with van der Waals surface area (Å²) in [7, 11) is -3.68. The Morgan fingerprint density at radius 2 is 1.77 bits per heavy atom. The Bertz CT molecular complexity index is 1300. The van der Waals surface area contributed by atoms with Gasteiger partial charge in [-0.15, -0.1) is 0 Å². The highest BCUT2D eigenvalue weighted by Crippen LogP contribution is 2.35. The molecular weight excluding hydrogens is 404 g/mol. The van der Waals surface area contributed by atoms with Gasteiger partial charge >= 0.3 is 5.63 Å². The second-order valence-electron chi connectivity index (χ2n) is 7.88. The maximum absolute atomic E-state index is 12.4. The molecule has 2 aliphatic rings. The van der Waals surface area contributed by atoms with Crippen molar-refractivity contribution in [2.75, 3.05) is 13.3 Å². The van der Waals surface area contributed by atoms with Gasteiger partial charge in [0, 0.05) is 24.0 Å². The number of primary sulfonamides is 1. The molecule has 0 saturated carbocycles. The van der Waals surface area contributed by atoms with Gasteiger partial charge in [-0.05, 0) is 61.1 Å². The van der Waals surface area contributed by atoms with Crippen LogP contribution in [0.5, 0.6) is 5.75 Å². The highest BCUT2D eigenvalue weighted by Gasteiger charge is 2.25. The van der Waals surface area contributed by atoms with Crippen LogP contribution in [0.3, 0.4) is 0 Å². The quantitative estimate of drug-likeness (QED) is 0.643. The zero-order valence-corrected chi connectivity index (χ0v) is 17.2. The summed E-state index contributed by atoms with van der Waals surface area (Å²) in [6.07, 6.45) is 3.42. The molecule has 30 heavy (non-hydrogen) atoms. The highest BCUT2D eigenvalue weighted by molar-refractivity contribution is 7.89. The van der Waals surface area contributed by atoms with Crippen LogP contribution >= 0.6 is 0 Å². The van der Waals surface area contributed by atoms with Crippen LogP contribution < -0.4 is 15.5 Å². The van der Waals surface area contributed by atoms with Crippen molar-refractivity contribution in [2.24, 2.45) is 5.14 Å². The first kappa shape index (κ1) is 19.3.